The van der Waals surface area contributed by atoms with E-state index in [0.29, 0.717) is 19.3 Å². The third-order valence-electron chi connectivity index (χ3n) is 4.21. The van der Waals surface area contributed by atoms with Gasteiger partial charge in [0.25, 0.3) is 0 Å². The number of cyclic esters (lactones) is 2. The maximum absolute atomic E-state index is 12.2. The fourth-order valence-electron chi connectivity index (χ4n) is 2.95. The summed E-state index contributed by atoms with van der Waals surface area (Å²) in [7, 11) is 0. The molecule has 1 aromatic heterocycles. The molecule has 2 rings (SSSR count). The van der Waals surface area contributed by atoms with Crippen LogP contribution >= 0.6 is 27.3 Å². The van der Waals surface area contributed by atoms with Crippen molar-refractivity contribution in [3.8, 4) is 0 Å². The minimum absolute atomic E-state index is 0.167. The number of nitrogens with zero attached hydrogens (tertiary/aromatic N) is 1. The van der Waals surface area contributed by atoms with Crippen LogP contribution < -0.4 is 0 Å². The maximum Gasteiger partial charge on any atom is 0.331 e. The zero-order valence-corrected chi connectivity index (χ0v) is 19.8. The standard InChI is InChI=1S/C22H26BrNO5S/c1-14-5-4-6-21(26)29-19(10-15(2)23)12-20-24-17(13-30-20)7-8-18(25)11-22(27)28-16(3)9-14/h4-6,10,13,16,19H,7-9,11-12H2,1-3H3/b6-4-,14-5+,15-10+/t16-,19?/m0/s1. The number of fused-ring (bicyclic) bond motifs is 2. The van der Waals surface area contributed by atoms with Crippen LogP contribution in [0.25, 0.3) is 0 Å². The molecule has 0 aromatic carbocycles. The lowest BCUT2D eigenvalue weighted by Gasteiger charge is -2.13. The van der Waals surface area contributed by atoms with Crippen LogP contribution in [-0.4, -0.2) is 34.9 Å². The molecule has 0 saturated carbocycles. The molecule has 0 aliphatic carbocycles. The second-order valence-corrected chi connectivity index (χ2v) is 9.45. The smallest absolute Gasteiger partial charge is 0.331 e. The number of ketones is 1. The van der Waals surface area contributed by atoms with Gasteiger partial charge in [-0.1, -0.05) is 33.7 Å². The number of hydrogen-bond acceptors (Lipinski definition) is 7. The number of ether oxygens (including phenoxy) is 2. The number of esters is 2. The molecule has 1 unspecified atom stereocenters. The van der Waals surface area contributed by atoms with E-state index >= 15 is 0 Å². The second-order valence-electron chi connectivity index (χ2n) is 7.26. The highest BCUT2D eigenvalue weighted by Gasteiger charge is 2.17. The molecule has 162 valence electrons. The van der Waals surface area contributed by atoms with E-state index < -0.39 is 18.0 Å². The molecule has 1 aromatic rings. The predicted molar refractivity (Wildman–Crippen MR) is 119 cm³/mol. The zero-order valence-electron chi connectivity index (χ0n) is 17.4. The van der Waals surface area contributed by atoms with Crippen molar-refractivity contribution in [2.75, 3.05) is 0 Å². The summed E-state index contributed by atoms with van der Waals surface area (Å²) in [6, 6.07) is 0. The number of thiazole rings is 1. The molecule has 1 aliphatic rings. The van der Waals surface area contributed by atoms with Crippen molar-refractivity contribution in [3.05, 3.63) is 50.4 Å². The van der Waals surface area contributed by atoms with Crippen LogP contribution in [0.5, 0.6) is 0 Å². The van der Waals surface area contributed by atoms with Crippen molar-refractivity contribution in [3.63, 3.8) is 0 Å². The summed E-state index contributed by atoms with van der Waals surface area (Å²) >= 11 is 4.84. The van der Waals surface area contributed by atoms with Crippen LogP contribution in [0.1, 0.15) is 50.7 Å². The van der Waals surface area contributed by atoms with Crippen LogP contribution in [0.4, 0.5) is 0 Å². The number of Topliss-reactive ketones (excluding diaryl/α,β-unsaturated/α-hetero) is 1. The van der Waals surface area contributed by atoms with E-state index in [9.17, 15) is 14.4 Å². The highest BCUT2D eigenvalue weighted by atomic mass is 79.9. The number of aryl methyl sites for hydroxylation is 1. The Kier molecular flexibility index (Phi) is 9.65. The van der Waals surface area contributed by atoms with Gasteiger partial charge in [0.1, 0.15) is 24.4 Å². The maximum atomic E-state index is 12.2. The van der Waals surface area contributed by atoms with Crippen LogP contribution in [0.2, 0.25) is 0 Å². The lowest BCUT2D eigenvalue weighted by atomic mass is 10.1. The molecule has 0 amide bonds. The van der Waals surface area contributed by atoms with Crippen molar-refractivity contribution in [1.82, 2.24) is 4.98 Å². The number of rotatable bonds is 1. The highest BCUT2D eigenvalue weighted by molar-refractivity contribution is 9.11. The fourth-order valence-corrected chi connectivity index (χ4v) is 4.11. The van der Waals surface area contributed by atoms with E-state index in [-0.39, 0.29) is 24.7 Å². The molecule has 1 aliphatic heterocycles. The van der Waals surface area contributed by atoms with Crippen molar-refractivity contribution < 1.29 is 23.9 Å². The number of allylic oxidation sites excluding steroid dienone is 3. The first-order valence-electron chi connectivity index (χ1n) is 9.74. The van der Waals surface area contributed by atoms with Gasteiger partial charge in [0, 0.05) is 30.7 Å². The van der Waals surface area contributed by atoms with Gasteiger partial charge in [0.05, 0.1) is 10.7 Å². The number of carbonyl (C=O) groups excluding carboxylic acids is 3. The monoisotopic (exact) mass is 495 g/mol. The first-order chi connectivity index (χ1) is 14.2. The largest absolute Gasteiger partial charge is 0.462 e. The van der Waals surface area contributed by atoms with E-state index in [2.05, 4.69) is 20.9 Å². The van der Waals surface area contributed by atoms with Gasteiger partial charge in [-0.2, -0.15) is 0 Å². The van der Waals surface area contributed by atoms with Crippen molar-refractivity contribution in [1.29, 1.82) is 0 Å². The first-order valence-corrected chi connectivity index (χ1v) is 11.4. The zero-order chi connectivity index (χ0) is 22.1. The van der Waals surface area contributed by atoms with Gasteiger partial charge in [-0.25, -0.2) is 9.78 Å². The second kappa shape index (κ2) is 12.0. The Labute approximate surface area is 189 Å². The van der Waals surface area contributed by atoms with Gasteiger partial charge in [0.2, 0.25) is 0 Å². The highest BCUT2D eigenvalue weighted by Crippen LogP contribution is 2.18. The lowest BCUT2D eigenvalue weighted by Crippen LogP contribution is -2.18. The minimum atomic E-state index is -0.518. The Morgan fingerprint density at radius 2 is 2.00 bits per heavy atom. The van der Waals surface area contributed by atoms with E-state index in [4.69, 9.17) is 9.47 Å². The van der Waals surface area contributed by atoms with Gasteiger partial charge >= 0.3 is 11.9 Å². The molecule has 0 fully saturated rings. The topological polar surface area (TPSA) is 82.6 Å². The van der Waals surface area contributed by atoms with E-state index in [0.717, 1.165) is 20.8 Å². The molecule has 2 atom stereocenters. The van der Waals surface area contributed by atoms with Crippen molar-refractivity contribution in [2.45, 2.75) is 65.1 Å². The first kappa shape index (κ1) is 24.2. The Morgan fingerprint density at radius 1 is 1.23 bits per heavy atom. The molecule has 2 heterocycles. The normalized spacial score (nSPS) is 25.8. The molecule has 0 spiro atoms. The molecule has 8 heteroatoms. The van der Waals surface area contributed by atoms with E-state index in [1.54, 1.807) is 19.1 Å². The van der Waals surface area contributed by atoms with Gasteiger partial charge < -0.3 is 9.47 Å². The van der Waals surface area contributed by atoms with Crippen molar-refractivity contribution >= 4 is 45.0 Å². The summed E-state index contributed by atoms with van der Waals surface area (Å²) in [5.74, 6) is -1.13. The molecule has 0 saturated heterocycles. The van der Waals surface area contributed by atoms with E-state index in [1.165, 1.54) is 17.4 Å². The number of hydrogen-bond donors (Lipinski definition) is 0. The molecule has 6 nitrogen and oxygen atoms in total. The Bertz CT molecular complexity index is 867. The van der Waals surface area contributed by atoms with E-state index in [1.807, 2.05) is 25.3 Å². The van der Waals surface area contributed by atoms with Gasteiger partial charge in [0.15, 0.2) is 0 Å². The van der Waals surface area contributed by atoms with Gasteiger partial charge in [-0.3, -0.25) is 9.59 Å². The predicted octanol–water partition coefficient (Wildman–Crippen LogP) is 4.63. The quantitative estimate of drug-likeness (QED) is 0.417. The Morgan fingerprint density at radius 3 is 2.73 bits per heavy atom. The molecule has 30 heavy (non-hydrogen) atoms. The minimum Gasteiger partial charge on any atom is -0.462 e. The van der Waals surface area contributed by atoms with Crippen molar-refractivity contribution in [2.24, 2.45) is 0 Å². The molecular weight excluding hydrogens is 470 g/mol. The summed E-state index contributed by atoms with van der Waals surface area (Å²) in [5, 5.41) is 2.70. The summed E-state index contributed by atoms with van der Waals surface area (Å²) in [6.07, 6.45) is 7.18. The number of aromatic nitrogens is 1. The van der Waals surface area contributed by atoms with Crippen LogP contribution in [-0.2, 0) is 36.7 Å². The fraction of sp³-hybridized carbons (Fsp3) is 0.455. The van der Waals surface area contributed by atoms with Crippen LogP contribution in [0.15, 0.2) is 39.7 Å². The van der Waals surface area contributed by atoms with Crippen LogP contribution in [0, 0.1) is 0 Å². The summed E-state index contributed by atoms with van der Waals surface area (Å²) < 4.78 is 11.7. The third-order valence-corrected chi connectivity index (χ3v) is 5.40. The lowest BCUT2D eigenvalue weighted by molar-refractivity contribution is -0.150. The average molecular weight is 496 g/mol. The van der Waals surface area contributed by atoms with Gasteiger partial charge in [-0.15, -0.1) is 11.3 Å². The number of halogens is 1. The van der Waals surface area contributed by atoms with Gasteiger partial charge in [-0.05, 0) is 37.8 Å². The summed E-state index contributed by atoms with van der Waals surface area (Å²) in [5.41, 5.74) is 1.72. The summed E-state index contributed by atoms with van der Waals surface area (Å²) in [6.45, 7) is 5.53. The molecule has 2 bridgehead atoms. The average Bonchev–Trinajstić information content (AvgIpc) is 3.05. The molecule has 0 radical (unpaired) electrons. The third kappa shape index (κ3) is 9.17. The van der Waals surface area contributed by atoms with Crippen LogP contribution in [0.3, 0.4) is 0 Å². The summed E-state index contributed by atoms with van der Waals surface area (Å²) in [4.78, 5) is 40.8. The molecular formula is C22H26BrNO5S. The number of carbonyl (C=O) groups is 3. The Balaban J connectivity index is 2.21. The Hall–Kier alpha value is -2.06. The molecule has 0 N–H and O–H groups in total. The SMILES string of the molecule is C/C(Br)=C\C1Cc2nc(cs2)CCC(=O)CC(=O)O[C@@H](C)C/C(C)=C/C=C\C(=O)O1.